The molecule has 5 nitrogen and oxygen atoms in total. The summed E-state index contributed by atoms with van der Waals surface area (Å²) in [5, 5.41) is 5.64. The Morgan fingerprint density at radius 2 is 1.95 bits per heavy atom. The molecular formula is C16H25N3O2. The highest BCUT2D eigenvalue weighted by Crippen LogP contribution is 2.03. The number of pyridine rings is 1. The lowest BCUT2D eigenvalue weighted by Crippen LogP contribution is -2.29. The van der Waals surface area contributed by atoms with Crippen molar-refractivity contribution >= 4 is 11.8 Å². The van der Waals surface area contributed by atoms with Gasteiger partial charge in [-0.3, -0.25) is 14.6 Å². The van der Waals surface area contributed by atoms with Gasteiger partial charge < -0.3 is 10.6 Å². The minimum Gasteiger partial charge on any atom is -0.352 e. The summed E-state index contributed by atoms with van der Waals surface area (Å²) in [6.07, 6.45) is 4.67. The van der Waals surface area contributed by atoms with Gasteiger partial charge in [-0.15, -0.1) is 0 Å². The summed E-state index contributed by atoms with van der Waals surface area (Å²) in [4.78, 5) is 27.9. The molecule has 0 atom stereocenters. The molecule has 0 unspecified atom stereocenters. The van der Waals surface area contributed by atoms with Crippen LogP contribution in [0.2, 0.25) is 0 Å². The number of unbranched alkanes of at least 4 members (excludes halogenated alkanes) is 2. The third kappa shape index (κ3) is 6.38. The topological polar surface area (TPSA) is 71.1 Å². The molecule has 0 bridgehead atoms. The quantitative estimate of drug-likeness (QED) is 0.722. The number of nitrogens with zero attached hydrogens (tertiary/aromatic N) is 1. The van der Waals surface area contributed by atoms with Crippen molar-refractivity contribution in [2.75, 3.05) is 13.1 Å². The van der Waals surface area contributed by atoms with Crippen molar-refractivity contribution in [1.82, 2.24) is 15.6 Å². The van der Waals surface area contributed by atoms with Crippen LogP contribution in [0.5, 0.6) is 0 Å². The molecule has 21 heavy (non-hydrogen) atoms. The highest BCUT2D eigenvalue weighted by molar-refractivity contribution is 5.98. The molecule has 0 fully saturated rings. The van der Waals surface area contributed by atoms with Crippen LogP contribution in [0, 0.1) is 5.92 Å². The van der Waals surface area contributed by atoms with Crippen LogP contribution in [0.1, 0.15) is 60.9 Å². The number of nitrogens with one attached hydrogen (secondary N) is 2. The van der Waals surface area contributed by atoms with E-state index in [-0.39, 0.29) is 17.5 Å². The Morgan fingerprint density at radius 3 is 2.62 bits per heavy atom. The SMILES string of the molecule is CCCCCNC(=O)c1ccnc(C(=O)NCC(C)C)c1. The Bertz CT molecular complexity index is 472. The van der Waals surface area contributed by atoms with Gasteiger partial charge >= 0.3 is 0 Å². The molecular weight excluding hydrogens is 266 g/mol. The van der Waals surface area contributed by atoms with Gasteiger partial charge in [-0.2, -0.15) is 0 Å². The van der Waals surface area contributed by atoms with Gasteiger partial charge in [0.2, 0.25) is 0 Å². The summed E-state index contributed by atoms with van der Waals surface area (Å²) in [6, 6.07) is 3.15. The average Bonchev–Trinajstić information content (AvgIpc) is 2.49. The van der Waals surface area contributed by atoms with E-state index in [1.165, 1.54) is 12.3 Å². The minimum atomic E-state index is -0.246. The summed E-state index contributed by atoms with van der Waals surface area (Å²) in [6.45, 7) is 7.41. The van der Waals surface area contributed by atoms with Crippen molar-refractivity contribution in [1.29, 1.82) is 0 Å². The number of carbonyl (C=O) groups excluding carboxylic acids is 2. The molecule has 0 aliphatic rings. The van der Waals surface area contributed by atoms with Gasteiger partial charge in [-0.25, -0.2) is 0 Å². The number of amides is 2. The maximum Gasteiger partial charge on any atom is 0.269 e. The third-order valence-electron chi connectivity index (χ3n) is 2.99. The van der Waals surface area contributed by atoms with Gasteiger partial charge in [0.15, 0.2) is 0 Å². The van der Waals surface area contributed by atoms with Crippen LogP contribution in [0.3, 0.4) is 0 Å². The second-order valence-corrected chi connectivity index (χ2v) is 5.50. The monoisotopic (exact) mass is 291 g/mol. The number of rotatable bonds is 8. The molecule has 0 spiro atoms. The molecule has 1 heterocycles. The van der Waals surface area contributed by atoms with Gasteiger partial charge in [0, 0.05) is 24.8 Å². The Labute approximate surface area is 126 Å². The fourth-order valence-corrected chi connectivity index (χ4v) is 1.76. The first-order chi connectivity index (χ1) is 10.0. The molecule has 0 saturated heterocycles. The van der Waals surface area contributed by atoms with E-state index in [0.29, 0.717) is 24.6 Å². The number of hydrogen-bond donors (Lipinski definition) is 2. The molecule has 0 radical (unpaired) electrons. The molecule has 0 saturated carbocycles. The highest BCUT2D eigenvalue weighted by Gasteiger charge is 2.11. The van der Waals surface area contributed by atoms with Crippen molar-refractivity contribution in [2.45, 2.75) is 40.0 Å². The van der Waals surface area contributed by atoms with Crippen molar-refractivity contribution in [3.05, 3.63) is 29.6 Å². The number of hydrogen-bond acceptors (Lipinski definition) is 3. The molecule has 0 aliphatic heterocycles. The molecule has 1 rings (SSSR count). The van der Waals surface area contributed by atoms with E-state index in [1.807, 2.05) is 13.8 Å². The van der Waals surface area contributed by atoms with E-state index >= 15 is 0 Å². The van der Waals surface area contributed by atoms with Gasteiger partial charge in [0.05, 0.1) is 0 Å². The minimum absolute atomic E-state index is 0.161. The van der Waals surface area contributed by atoms with E-state index in [2.05, 4.69) is 22.5 Å². The summed E-state index contributed by atoms with van der Waals surface area (Å²) in [5.41, 5.74) is 0.744. The molecule has 116 valence electrons. The molecule has 0 aliphatic carbocycles. The van der Waals surface area contributed by atoms with E-state index in [4.69, 9.17) is 0 Å². The molecule has 1 aromatic heterocycles. The smallest absolute Gasteiger partial charge is 0.269 e. The molecule has 5 heteroatoms. The summed E-state index contributed by atoms with van der Waals surface area (Å²) in [7, 11) is 0. The van der Waals surface area contributed by atoms with Gasteiger partial charge in [0.1, 0.15) is 5.69 Å². The zero-order valence-corrected chi connectivity index (χ0v) is 13.1. The van der Waals surface area contributed by atoms with E-state index in [9.17, 15) is 9.59 Å². The Morgan fingerprint density at radius 1 is 1.19 bits per heavy atom. The third-order valence-corrected chi connectivity index (χ3v) is 2.99. The Hall–Kier alpha value is -1.91. The standard InChI is InChI=1S/C16H25N3O2/c1-4-5-6-8-18-15(20)13-7-9-17-14(10-13)16(21)19-11-12(2)3/h7,9-10,12H,4-6,8,11H2,1-3H3,(H,18,20)(H,19,21). The Balaban J connectivity index is 2.58. The van der Waals surface area contributed by atoms with Crippen molar-refractivity contribution < 1.29 is 9.59 Å². The van der Waals surface area contributed by atoms with Gasteiger partial charge in [-0.05, 0) is 24.5 Å². The van der Waals surface area contributed by atoms with Crippen molar-refractivity contribution in [3.8, 4) is 0 Å². The maximum atomic E-state index is 12.0. The Kier molecular flexibility index (Phi) is 7.43. The van der Waals surface area contributed by atoms with Crippen LogP contribution in [-0.4, -0.2) is 29.9 Å². The number of carbonyl (C=O) groups is 2. The first kappa shape index (κ1) is 17.1. The summed E-state index contributed by atoms with van der Waals surface area (Å²) >= 11 is 0. The lowest BCUT2D eigenvalue weighted by molar-refractivity contribution is 0.0944. The molecule has 2 amide bonds. The van der Waals surface area contributed by atoms with Crippen LogP contribution in [0.25, 0.3) is 0 Å². The summed E-state index contributed by atoms with van der Waals surface area (Å²) in [5.74, 6) is -0.0326. The average molecular weight is 291 g/mol. The first-order valence-electron chi connectivity index (χ1n) is 7.57. The largest absolute Gasteiger partial charge is 0.352 e. The van der Waals surface area contributed by atoms with Crippen LogP contribution in [-0.2, 0) is 0 Å². The second-order valence-electron chi connectivity index (χ2n) is 5.50. The maximum absolute atomic E-state index is 12.0. The van der Waals surface area contributed by atoms with Gasteiger partial charge in [-0.1, -0.05) is 33.6 Å². The fourth-order valence-electron chi connectivity index (χ4n) is 1.76. The van der Waals surface area contributed by atoms with Gasteiger partial charge in [0.25, 0.3) is 11.8 Å². The van der Waals surface area contributed by atoms with Crippen LogP contribution in [0.15, 0.2) is 18.3 Å². The predicted molar refractivity (Wildman–Crippen MR) is 83.3 cm³/mol. The highest BCUT2D eigenvalue weighted by atomic mass is 16.2. The normalized spacial score (nSPS) is 10.5. The molecule has 1 aromatic rings. The first-order valence-corrected chi connectivity index (χ1v) is 7.57. The molecule has 2 N–H and O–H groups in total. The summed E-state index contributed by atoms with van der Waals surface area (Å²) < 4.78 is 0. The lowest BCUT2D eigenvalue weighted by Gasteiger charge is -2.08. The van der Waals surface area contributed by atoms with Crippen LogP contribution >= 0.6 is 0 Å². The van der Waals surface area contributed by atoms with E-state index < -0.39 is 0 Å². The van der Waals surface area contributed by atoms with E-state index in [1.54, 1.807) is 6.07 Å². The van der Waals surface area contributed by atoms with Crippen molar-refractivity contribution in [2.24, 2.45) is 5.92 Å². The molecule has 0 aromatic carbocycles. The van der Waals surface area contributed by atoms with Crippen molar-refractivity contribution in [3.63, 3.8) is 0 Å². The predicted octanol–water partition coefficient (Wildman–Crippen LogP) is 2.39. The number of aromatic nitrogens is 1. The zero-order chi connectivity index (χ0) is 15.7. The van der Waals surface area contributed by atoms with Crippen LogP contribution in [0.4, 0.5) is 0 Å². The van der Waals surface area contributed by atoms with E-state index in [0.717, 1.165) is 19.3 Å². The lowest BCUT2D eigenvalue weighted by atomic mass is 10.2. The fraction of sp³-hybridized carbons (Fsp3) is 0.562. The second kappa shape index (κ2) is 9.10. The zero-order valence-electron chi connectivity index (χ0n) is 13.1. The van der Waals surface area contributed by atoms with Crippen LogP contribution < -0.4 is 10.6 Å².